The van der Waals surface area contributed by atoms with Crippen LogP contribution in [0.25, 0.3) is 0 Å². The third-order valence-corrected chi connectivity index (χ3v) is 3.75. The molecule has 0 bridgehead atoms. The third kappa shape index (κ3) is 4.94. The SMILES string of the molecule is CCCNCC1CCN(C(COC)C(C)C)C1. The van der Waals surface area contributed by atoms with Crippen LogP contribution in [-0.2, 0) is 4.74 Å². The van der Waals surface area contributed by atoms with E-state index in [9.17, 15) is 0 Å². The lowest BCUT2D eigenvalue weighted by Gasteiger charge is -2.30. The molecule has 0 aliphatic carbocycles. The molecule has 0 saturated carbocycles. The first-order valence-electron chi connectivity index (χ1n) is 7.12. The summed E-state index contributed by atoms with van der Waals surface area (Å²) in [5, 5.41) is 3.54. The Morgan fingerprint density at radius 3 is 2.76 bits per heavy atom. The Morgan fingerprint density at radius 1 is 1.41 bits per heavy atom. The predicted molar refractivity (Wildman–Crippen MR) is 73.3 cm³/mol. The molecule has 0 radical (unpaired) electrons. The molecule has 1 heterocycles. The van der Waals surface area contributed by atoms with Crippen molar-refractivity contribution >= 4 is 0 Å². The highest BCUT2D eigenvalue weighted by Gasteiger charge is 2.29. The van der Waals surface area contributed by atoms with Gasteiger partial charge in [0.2, 0.25) is 0 Å². The average molecular weight is 242 g/mol. The molecule has 1 fully saturated rings. The van der Waals surface area contributed by atoms with Crippen molar-refractivity contribution in [3.05, 3.63) is 0 Å². The molecule has 1 saturated heterocycles. The van der Waals surface area contributed by atoms with Crippen molar-refractivity contribution in [2.24, 2.45) is 11.8 Å². The van der Waals surface area contributed by atoms with Gasteiger partial charge in [0.05, 0.1) is 6.61 Å². The van der Waals surface area contributed by atoms with Crippen LogP contribution in [0.2, 0.25) is 0 Å². The van der Waals surface area contributed by atoms with Crippen LogP contribution in [0.3, 0.4) is 0 Å². The van der Waals surface area contributed by atoms with Crippen LogP contribution in [0, 0.1) is 11.8 Å². The minimum Gasteiger partial charge on any atom is -0.383 e. The second kappa shape index (κ2) is 8.06. The van der Waals surface area contributed by atoms with E-state index >= 15 is 0 Å². The first-order chi connectivity index (χ1) is 8.19. The Bertz CT molecular complexity index is 197. The Balaban J connectivity index is 2.31. The molecule has 0 aromatic heterocycles. The molecule has 2 atom stereocenters. The van der Waals surface area contributed by atoms with Crippen LogP contribution in [0.15, 0.2) is 0 Å². The lowest BCUT2D eigenvalue weighted by atomic mass is 10.0. The minimum absolute atomic E-state index is 0.594. The van der Waals surface area contributed by atoms with Crippen LogP contribution in [-0.4, -0.2) is 50.8 Å². The standard InChI is InChI=1S/C14H30N2O/c1-5-7-15-9-13-6-8-16(10-13)14(11-17-4)12(2)3/h12-15H,5-11H2,1-4H3. The number of rotatable bonds is 8. The van der Waals surface area contributed by atoms with Crippen molar-refractivity contribution in [2.45, 2.75) is 39.7 Å². The van der Waals surface area contributed by atoms with Gasteiger partial charge in [-0.1, -0.05) is 20.8 Å². The van der Waals surface area contributed by atoms with Crippen molar-refractivity contribution < 1.29 is 4.74 Å². The van der Waals surface area contributed by atoms with Gasteiger partial charge in [-0.2, -0.15) is 0 Å². The summed E-state index contributed by atoms with van der Waals surface area (Å²) in [7, 11) is 1.81. The van der Waals surface area contributed by atoms with E-state index in [4.69, 9.17) is 4.74 Å². The van der Waals surface area contributed by atoms with E-state index in [2.05, 4.69) is 31.0 Å². The molecule has 0 aromatic rings. The topological polar surface area (TPSA) is 24.5 Å². The summed E-state index contributed by atoms with van der Waals surface area (Å²) in [4.78, 5) is 2.62. The molecule has 1 N–H and O–H groups in total. The van der Waals surface area contributed by atoms with E-state index in [1.54, 1.807) is 0 Å². The Labute approximate surface area is 107 Å². The van der Waals surface area contributed by atoms with E-state index < -0.39 is 0 Å². The van der Waals surface area contributed by atoms with Gasteiger partial charge in [-0.3, -0.25) is 4.90 Å². The van der Waals surface area contributed by atoms with Gasteiger partial charge < -0.3 is 10.1 Å². The average Bonchev–Trinajstić information content (AvgIpc) is 2.74. The summed E-state index contributed by atoms with van der Waals surface area (Å²) in [6.07, 6.45) is 2.57. The summed E-state index contributed by atoms with van der Waals surface area (Å²) in [6.45, 7) is 12.5. The van der Waals surface area contributed by atoms with Gasteiger partial charge >= 0.3 is 0 Å². The molecule has 1 aliphatic heterocycles. The fourth-order valence-corrected chi connectivity index (χ4v) is 2.70. The molecule has 0 amide bonds. The molecular weight excluding hydrogens is 212 g/mol. The van der Waals surface area contributed by atoms with Crippen LogP contribution < -0.4 is 5.32 Å². The maximum Gasteiger partial charge on any atom is 0.0620 e. The molecule has 3 heteroatoms. The van der Waals surface area contributed by atoms with Gasteiger partial charge in [-0.05, 0) is 44.3 Å². The monoisotopic (exact) mass is 242 g/mol. The van der Waals surface area contributed by atoms with Crippen molar-refractivity contribution in [2.75, 3.05) is 39.9 Å². The molecule has 0 spiro atoms. The van der Waals surface area contributed by atoms with E-state index in [-0.39, 0.29) is 0 Å². The first-order valence-corrected chi connectivity index (χ1v) is 7.12. The lowest BCUT2D eigenvalue weighted by molar-refractivity contribution is 0.0769. The predicted octanol–water partition coefficient (Wildman–Crippen LogP) is 1.98. The Morgan fingerprint density at radius 2 is 2.18 bits per heavy atom. The number of hydrogen-bond acceptors (Lipinski definition) is 3. The minimum atomic E-state index is 0.594. The highest BCUT2D eigenvalue weighted by atomic mass is 16.5. The fourth-order valence-electron chi connectivity index (χ4n) is 2.70. The summed E-state index contributed by atoms with van der Waals surface area (Å²) in [5.74, 6) is 1.51. The van der Waals surface area contributed by atoms with Gasteiger partial charge in [0.15, 0.2) is 0 Å². The Hall–Kier alpha value is -0.120. The molecule has 2 unspecified atom stereocenters. The van der Waals surface area contributed by atoms with Crippen LogP contribution >= 0.6 is 0 Å². The van der Waals surface area contributed by atoms with E-state index in [0.29, 0.717) is 12.0 Å². The normalized spacial score (nSPS) is 23.5. The van der Waals surface area contributed by atoms with Crippen molar-refractivity contribution in [1.29, 1.82) is 0 Å². The first kappa shape index (κ1) is 14.9. The van der Waals surface area contributed by atoms with Crippen LogP contribution in [0.5, 0.6) is 0 Å². The zero-order valence-corrected chi connectivity index (χ0v) is 12.0. The Kier molecular flexibility index (Phi) is 7.09. The quantitative estimate of drug-likeness (QED) is 0.659. The molecular formula is C14H30N2O. The molecule has 0 aromatic carbocycles. The smallest absolute Gasteiger partial charge is 0.0620 e. The molecule has 17 heavy (non-hydrogen) atoms. The van der Waals surface area contributed by atoms with Crippen molar-refractivity contribution in [3.63, 3.8) is 0 Å². The van der Waals surface area contributed by atoms with E-state index in [1.165, 1.54) is 32.5 Å². The zero-order chi connectivity index (χ0) is 12.7. The highest BCUT2D eigenvalue weighted by Crippen LogP contribution is 2.21. The second-order valence-electron chi connectivity index (χ2n) is 5.62. The molecule has 1 aliphatic rings. The van der Waals surface area contributed by atoms with Gasteiger partial charge in [0.25, 0.3) is 0 Å². The molecule has 102 valence electrons. The fraction of sp³-hybridized carbons (Fsp3) is 1.00. The number of nitrogens with one attached hydrogen (secondary N) is 1. The maximum absolute atomic E-state index is 5.35. The number of ether oxygens (including phenoxy) is 1. The van der Waals surface area contributed by atoms with Crippen molar-refractivity contribution in [1.82, 2.24) is 10.2 Å². The summed E-state index contributed by atoms with van der Waals surface area (Å²) >= 11 is 0. The zero-order valence-electron chi connectivity index (χ0n) is 12.0. The summed E-state index contributed by atoms with van der Waals surface area (Å²) < 4.78 is 5.35. The second-order valence-corrected chi connectivity index (χ2v) is 5.62. The number of hydrogen-bond donors (Lipinski definition) is 1. The van der Waals surface area contributed by atoms with Crippen LogP contribution in [0.1, 0.15) is 33.6 Å². The number of methoxy groups -OCH3 is 1. The third-order valence-electron chi connectivity index (χ3n) is 3.75. The van der Waals surface area contributed by atoms with Gasteiger partial charge in [-0.25, -0.2) is 0 Å². The summed E-state index contributed by atoms with van der Waals surface area (Å²) in [6, 6.07) is 0.594. The van der Waals surface area contributed by atoms with Gasteiger partial charge in [0.1, 0.15) is 0 Å². The lowest BCUT2D eigenvalue weighted by Crippen LogP contribution is -2.41. The largest absolute Gasteiger partial charge is 0.383 e. The van der Waals surface area contributed by atoms with Crippen molar-refractivity contribution in [3.8, 4) is 0 Å². The van der Waals surface area contributed by atoms with E-state index in [0.717, 1.165) is 19.1 Å². The van der Waals surface area contributed by atoms with E-state index in [1.807, 2.05) is 7.11 Å². The van der Waals surface area contributed by atoms with Crippen LogP contribution in [0.4, 0.5) is 0 Å². The number of nitrogens with zero attached hydrogens (tertiary/aromatic N) is 1. The summed E-state index contributed by atoms with van der Waals surface area (Å²) in [5.41, 5.74) is 0. The number of likely N-dealkylation sites (tertiary alicyclic amines) is 1. The van der Waals surface area contributed by atoms with Gasteiger partial charge in [0, 0.05) is 19.7 Å². The highest BCUT2D eigenvalue weighted by molar-refractivity contribution is 4.84. The molecule has 1 rings (SSSR count). The molecule has 3 nitrogen and oxygen atoms in total. The van der Waals surface area contributed by atoms with Gasteiger partial charge in [-0.15, -0.1) is 0 Å². The maximum atomic E-state index is 5.35.